The highest BCUT2D eigenvalue weighted by atomic mass is 32.2. The van der Waals surface area contributed by atoms with Crippen LogP contribution in [0.15, 0.2) is 0 Å². The quantitative estimate of drug-likeness (QED) is 0.363. The van der Waals surface area contributed by atoms with E-state index < -0.39 is 43.8 Å². The lowest BCUT2D eigenvalue weighted by Crippen LogP contribution is -2.28. The Hall–Kier alpha value is -0.710. The molecule has 0 amide bonds. The van der Waals surface area contributed by atoms with Gasteiger partial charge >= 0.3 is 5.97 Å². The first-order chi connectivity index (χ1) is 8.07. The summed E-state index contributed by atoms with van der Waals surface area (Å²) in [7, 11) is -8.25. The van der Waals surface area contributed by atoms with E-state index in [-0.39, 0.29) is 13.0 Å². The zero-order valence-corrected chi connectivity index (χ0v) is 11.7. The second-order valence-corrected chi connectivity index (χ2v) is 6.68. The predicted molar refractivity (Wildman–Crippen MR) is 62.0 cm³/mol. The van der Waals surface area contributed by atoms with Crippen molar-refractivity contribution in [3.8, 4) is 0 Å². The van der Waals surface area contributed by atoms with E-state index in [1.807, 2.05) is 0 Å². The van der Waals surface area contributed by atoms with Crippen molar-refractivity contribution < 1.29 is 35.1 Å². The van der Waals surface area contributed by atoms with Crippen molar-refractivity contribution in [3.63, 3.8) is 0 Å². The number of carbonyl (C=O) groups excluding carboxylic acids is 1. The van der Waals surface area contributed by atoms with Gasteiger partial charge in [0.15, 0.2) is 6.10 Å². The molecule has 0 aliphatic rings. The lowest BCUT2D eigenvalue weighted by molar-refractivity contribution is -0.150. The van der Waals surface area contributed by atoms with Crippen LogP contribution in [-0.4, -0.2) is 51.6 Å². The average molecular weight is 304 g/mol. The molecule has 0 aromatic heterocycles. The van der Waals surface area contributed by atoms with Crippen molar-refractivity contribution in [1.82, 2.24) is 0 Å². The molecule has 0 bridgehead atoms. The molecule has 10 heteroatoms. The molecule has 0 saturated carbocycles. The maximum atomic E-state index is 11.3. The van der Waals surface area contributed by atoms with Crippen LogP contribution in [-0.2, 0) is 34.0 Å². The van der Waals surface area contributed by atoms with Crippen LogP contribution in [0.1, 0.15) is 20.3 Å². The van der Waals surface area contributed by atoms with Gasteiger partial charge in [0.2, 0.25) is 0 Å². The smallest absolute Gasteiger partial charge is 0.336 e. The van der Waals surface area contributed by atoms with Gasteiger partial charge in [-0.25, -0.2) is 4.79 Å². The zero-order valence-electron chi connectivity index (χ0n) is 10.0. The third kappa shape index (κ3) is 8.39. The van der Waals surface area contributed by atoms with E-state index >= 15 is 0 Å². The number of hydrogen-bond donors (Lipinski definition) is 1. The third-order valence-electron chi connectivity index (χ3n) is 1.71. The third-order valence-corrected chi connectivity index (χ3v) is 3.88. The number of rotatable bonds is 8. The summed E-state index contributed by atoms with van der Waals surface area (Å²) >= 11 is 0. The summed E-state index contributed by atoms with van der Waals surface area (Å²) in [6.45, 7) is 2.86. The van der Waals surface area contributed by atoms with Gasteiger partial charge in [-0.3, -0.25) is 8.74 Å². The van der Waals surface area contributed by atoms with Crippen LogP contribution >= 0.6 is 0 Å². The van der Waals surface area contributed by atoms with Crippen molar-refractivity contribution in [2.45, 2.75) is 26.4 Å². The fraction of sp³-hybridized carbons (Fsp3) is 0.875. The Morgan fingerprint density at radius 1 is 1.22 bits per heavy atom. The van der Waals surface area contributed by atoms with Gasteiger partial charge in [-0.05, 0) is 20.3 Å². The Morgan fingerprint density at radius 3 is 2.22 bits per heavy atom. The Morgan fingerprint density at radius 2 is 1.78 bits per heavy atom. The Kier molecular flexibility index (Phi) is 6.74. The van der Waals surface area contributed by atoms with Gasteiger partial charge in [0.05, 0.1) is 18.1 Å². The zero-order chi connectivity index (χ0) is 14.4. The van der Waals surface area contributed by atoms with Crippen LogP contribution in [0.4, 0.5) is 0 Å². The molecule has 1 unspecified atom stereocenters. The van der Waals surface area contributed by atoms with Crippen LogP contribution in [0.3, 0.4) is 0 Å². The molecule has 18 heavy (non-hydrogen) atoms. The topological polar surface area (TPSA) is 124 Å². The van der Waals surface area contributed by atoms with E-state index in [2.05, 4.69) is 8.92 Å². The summed E-state index contributed by atoms with van der Waals surface area (Å²) in [5, 5.41) is 0. The molecule has 0 aliphatic carbocycles. The van der Waals surface area contributed by atoms with E-state index in [9.17, 15) is 21.6 Å². The molecule has 0 fully saturated rings. The van der Waals surface area contributed by atoms with E-state index in [4.69, 9.17) is 4.55 Å². The Bertz CT molecular complexity index is 463. The normalized spacial score (nSPS) is 14.2. The van der Waals surface area contributed by atoms with Gasteiger partial charge < -0.3 is 4.74 Å². The first-order valence-corrected chi connectivity index (χ1v) is 8.29. The summed E-state index contributed by atoms with van der Waals surface area (Å²) in [5.41, 5.74) is 0. The van der Waals surface area contributed by atoms with Crippen molar-refractivity contribution in [2.24, 2.45) is 0 Å². The fourth-order valence-corrected chi connectivity index (χ4v) is 2.79. The van der Waals surface area contributed by atoms with Crippen LogP contribution in [0.5, 0.6) is 0 Å². The monoisotopic (exact) mass is 304 g/mol. The maximum absolute atomic E-state index is 11.3. The average Bonchev–Trinajstić information content (AvgIpc) is 2.14. The molecule has 0 spiro atoms. The summed E-state index contributed by atoms with van der Waals surface area (Å²) < 4.78 is 60.9. The minimum Gasteiger partial charge on any atom is -0.464 e. The van der Waals surface area contributed by atoms with Gasteiger partial charge in [0, 0.05) is 0 Å². The predicted octanol–water partition coefficient (Wildman–Crippen LogP) is -0.438. The number of ether oxygens (including phenoxy) is 1. The lowest BCUT2D eigenvalue weighted by Gasteiger charge is -2.11. The molecule has 1 atom stereocenters. The molecule has 0 aromatic carbocycles. The number of carbonyl (C=O) groups is 1. The highest BCUT2D eigenvalue weighted by Gasteiger charge is 2.23. The molecule has 1 N–H and O–H groups in total. The summed E-state index contributed by atoms with van der Waals surface area (Å²) in [5.74, 6) is -2.13. The van der Waals surface area contributed by atoms with Crippen molar-refractivity contribution in [3.05, 3.63) is 0 Å². The molecule has 0 rings (SSSR count). The van der Waals surface area contributed by atoms with Gasteiger partial charge in [0.1, 0.15) is 0 Å². The molecule has 0 aromatic rings. The second-order valence-electron chi connectivity index (χ2n) is 3.39. The van der Waals surface area contributed by atoms with Crippen molar-refractivity contribution in [1.29, 1.82) is 0 Å². The highest BCUT2D eigenvalue weighted by molar-refractivity contribution is 7.87. The van der Waals surface area contributed by atoms with Gasteiger partial charge in [-0.15, -0.1) is 0 Å². The molecule has 0 saturated heterocycles. The molecule has 0 radical (unpaired) electrons. The van der Waals surface area contributed by atoms with Crippen LogP contribution in [0, 0.1) is 0 Å². The molecular formula is C8H16O8S2. The van der Waals surface area contributed by atoms with Crippen molar-refractivity contribution >= 4 is 26.2 Å². The van der Waals surface area contributed by atoms with E-state index in [0.717, 1.165) is 0 Å². The molecule has 0 heterocycles. The highest BCUT2D eigenvalue weighted by Crippen LogP contribution is 2.05. The maximum Gasteiger partial charge on any atom is 0.336 e. The summed E-state index contributed by atoms with van der Waals surface area (Å²) in [6, 6.07) is 0. The van der Waals surface area contributed by atoms with Gasteiger partial charge in [-0.1, -0.05) is 0 Å². The van der Waals surface area contributed by atoms with Crippen molar-refractivity contribution in [2.75, 3.05) is 18.1 Å². The summed E-state index contributed by atoms with van der Waals surface area (Å²) in [4.78, 5) is 11.1. The lowest BCUT2D eigenvalue weighted by atomic mass is 10.4. The standard InChI is InChI=1S/C8H16O8S2/c1-3-15-8(9)7(2)16-18(13,14)6-4-5-17(10,11)12/h7H,3-6H2,1-2H3,(H,10,11,12). The SMILES string of the molecule is CCOC(=O)C(C)OS(=O)(=O)CCCS(=O)(=O)O. The second kappa shape index (κ2) is 7.02. The minimum atomic E-state index is -4.21. The minimum absolute atomic E-state index is 0.0926. The number of esters is 1. The Balaban J connectivity index is 4.27. The van der Waals surface area contributed by atoms with Gasteiger partial charge in [0.25, 0.3) is 20.2 Å². The fourth-order valence-electron chi connectivity index (χ4n) is 0.985. The first-order valence-electron chi connectivity index (χ1n) is 5.10. The van der Waals surface area contributed by atoms with Crippen LogP contribution in [0.25, 0.3) is 0 Å². The Labute approximate surface area is 106 Å². The first kappa shape index (κ1) is 17.3. The summed E-state index contributed by atoms with van der Waals surface area (Å²) in [6.07, 6.45) is -1.61. The molecular weight excluding hydrogens is 288 g/mol. The van der Waals surface area contributed by atoms with E-state index in [1.165, 1.54) is 6.92 Å². The molecule has 108 valence electrons. The van der Waals surface area contributed by atoms with E-state index in [1.54, 1.807) is 6.92 Å². The molecule has 0 aliphatic heterocycles. The van der Waals surface area contributed by atoms with Gasteiger partial charge in [-0.2, -0.15) is 16.8 Å². The van der Waals surface area contributed by atoms with Crippen LogP contribution < -0.4 is 0 Å². The van der Waals surface area contributed by atoms with Crippen LogP contribution in [0.2, 0.25) is 0 Å². The largest absolute Gasteiger partial charge is 0.464 e. The number of hydrogen-bond acceptors (Lipinski definition) is 7. The van der Waals surface area contributed by atoms with E-state index in [0.29, 0.717) is 0 Å². The molecule has 8 nitrogen and oxygen atoms in total.